The smallest absolute Gasteiger partial charge is 0.146 e. The number of hydrazine groups is 1. The Bertz CT molecular complexity index is 511. The molecule has 0 saturated carbocycles. The number of halogens is 1. The molecule has 0 fully saturated rings. The van der Waals surface area contributed by atoms with Crippen LogP contribution in [0.25, 0.3) is 0 Å². The molecule has 0 aliphatic carbocycles. The van der Waals surface area contributed by atoms with Crippen molar-refractivity contribution in [3.63, 3.8) is 0 Å². The summed E-state index contributed by atoms with van der Waals surface area (Å²) in [6.45, 7) is 2.90. The summed E-state index contributed by atoms with van der Waals surface area (Å²) in [4.78, 5) is 3.73. The van der Waals surface area contributed by atoms with Crippen molar-refractivity contribution in [1.29, 1.82) is 0 Å². The summed E-state index contributed by atoms with van der Waals surface area (Å²) in [7, 11) is 0. The van der Waals surface area contributed by atoms with Crippen LogP contribution in [-0.4, -0.2) is 14.8 Å². The van der Waals surface area contributed by atoms with Crippen LogP contribution in [0.1, 0.15) is 30.5 Å². The minimum Gasteiger partial charge on any atom is -0.272 e. The highest BCUT2D eigenvalue weighted by atomic mass is 19.1. The molecule has 0 bridgehead atoms. The van der Waals surface area contributed by atoms with Gasteiger partial charge in [-0.2, -0.15) is 5.10 Å². The van der Waals surface area contributed by atoms with E-state index in [9.17, 15) is 4.39 Å². The molecule has 0 aromatic carbocycles. The first kappa shape index (κ1) is 12.7. The normalized spacial score (nSPS) is 12.6. The highest BCUT2D eigenvalue weighted by molar-refractivity contribution is 5.28. The number of nitrogens with two attached hydrogens (primary N) is 1. The monoisotopic (exact) mass is 249 g/mol. The summed E-state index contributed by atoms with van der Waals surface area (Å²) in [5, 5.41) is 4.21. The fraction of sp³-hybridized carbons (Fsp3) is 0.333. The van der Waals surface area contributed by atoms with E-state index in [0.717, 1.165) is 18.5 Å². The quantitative estimate of drug-likeness (QED) is 0.620. The van der Waals surface area contributed by atoms with Gasteiger partial charge in [-0.15, -0.1) is 0 Å². The van der Waals surface area contributed by atoms with Crippen LogP contribution in [0.15, 0.2) is 30.9 Å². The van der Waals surface area contributed by atoms with Gasteiger partial charge < -0.3 is 0 Å². The van der Waals surface area contributed by atoms with Crippen LogP contribution in [0, 0.1) is 5.82 Å². The molecule has 2 aromatic heterocycles. The van der Waals surface area contributed by atoms with Gasteiger partial charge in [0.2, 0.25) is 0 Å². The van der Waals surface area contributed by atoms with E-state index in [1.165, 1.54) is 6.20 Å². The van der Waals surface area contributed by atoms with Crippen molar-refractivity contribution in [3.05, 3.63) is 47.8 Å². The van der Waals surface area contributed by atoms with Crippen LogP contribution in [0.3, 0.4) is 0 Å². The molecular weight excluding hydrogens is 233 g/mol. The Morgan fingerprint density at radius 2 is 2.33 bits per heavy atom. The van der Waals surface area contributed by atoms with E-state index in [1.54, 1.807) is 18.5 Å². The third kappa shape index (κ3) is 2.55. The van der Waals surface area contributed by atoms with E-state index in [2.05, 4.69) is 22.4 Å². The first-order chi connectivity index (χ1) is 8.76. The van der Waals surface area contributed by atoms with Crippen molar-refractivity contribution in [1.82, 2.24) is 20.2 Å². The Morgan fingerprint density at radius 1 is 1.50 bits per heavy atom. The van der Waals surface area contributed by atoms with Gasteiger partial charge in [0.05, 0.1) is 18.4 Å². The van der Waals surface area contributed by atoms with Crippen LogP contribution >= 0.6 is 0 Å². The van der Waals surface area contributed by atoms with Gasteiger partial charge in [-0.25, -0.2) is 9.82 Å². The van der Waals surface area contributed by atoms with E-state index < -0.39 is 6.04 Å². The highest BCUT2D eigenvalue weighted by Crippen LogP contribution is 2.22. The molecule has 0 spiro atoms. The standard InChI is InChI=1S/C12H16FN5/c1-2-5-18-8-9(6-16-18)12(17-14)10-3-4-15-7-11(10)13/h3-4,6-8,12,17H,2,5,14H2,1H3. The molecule has 1 atom stereocenters. The zero-order chi connectivity index (χ0) is 13.0. The number of hydrogen-bond acceptors (Lipinski definition) is 4. The Balaban J connectivity index is 2.30. The van der Waals surface area contributed by atoms with Crippen LogP contribution in [0.2, 0.25) is 0 Å². The minimum absolute atomic E-state index is 0.385. The summed E-state index contributed by atoms with van der Waals surface area (Å²) >= 11 is 0. The van der Waals surface area contributed by atoms with Crippen molar-refractivity contribution < 1.29 is 4.39 Å². The highest BCUT2D eigenvalue weighted by Gasteiger charge is 2.17. The van der Waals surface area contributed by atoms with Crippen LogP contribution in [-0.2, 0) is 6.54 Å². The van der Waals surface area contributed by atoms with Crippen LogP contribution < -0.4 is 11.3 Å². The van der Waals surface area contributed by atoms with E-state index in [-0.39, 0.29) is 5.82 Å². The number of rotatable bonds is 5. The average molecular weight is 249 g/mol. The Kier molecular flexibility index (Phi) is 4.01. The van der Waals surface area contributed by atoms with Crippen LogP contribution in [0.5, 0.6) is 0 Å². The Morgan fingerprint density at radius 3 is 3.00 bits per heavy atom. The van der Waals surface area contributed by atoms with Gasteiger partial charge in [0.15, 0.2) is 0 Å². The molecule has 0 radical (unpaired) electrons. The molecule has 0 aliphatic heterocycles. The lowest BCUT2D eigenvalue weighted by Gasteiger charge is -2.14. The maximum Gasteiger partial charge on any atom is 0.146 e. The van der Waals surface area contributed by atoms with Gasteiger partial charge in [0, 0.05) is 30.1 Å². The third-order valence-electron chi connectivity index (χ3n) is 2.72. The Hall–Kier alpha value is -1.79. The summed E-state index contributed by atoms with van der Waals surface area (Å²) in [5.74, 6) is 5.13. The molecule has 6 heteroatoms. The molecule has 96 valence electrons. The zero-order valence-corrected chi connectivity index (χ0v) is 10.2. The SMILES string of the molecule is CCCn1cc(C(NN)c2ccncc2F)cn1. The van der Waals surface area contributed by atoms with Gasteiger partial charge >= 0.3 is 0 Å². The first-order valence-corrected chi connectivity index (χ1v) is 5.84. The predicted octanol–water partition coefficient (Wildman–Crippen LogP) is 1.38. The van der Waals surface area contributed by atoms with Gasteiger partial charge in [-0.3, -0.25) is 15.5 Å². The fourth-order valence-electron chi connectivity index (χ4n) is 1.87. The number of pyridine rings is 1. The van der Waals surface area contributed by atoms with Crippen molar-refractivity contribution in [2.45, 2.75) is 25.9 Å². The Labute approximate surface area is 105 Å². The topological polar surface area (TPSA) is 68.8 Å². The van der Waals surface area contributed by atoms with Gasteiger partial charge in [-0.1, -0.05) is 6.92 Å². The van der Waals surface area contributed by atoms with Crippen molar-refractivity contribution in [2.24, 2.45) is 5.84 Å². The molecule has 0 aliphatic rings. The molecule has 0 saturated heterocycles. The number of aromatic nitrogens is 3. The van der Waals surface area contributed by atoms with E-state index in [1.807, 2.05) is 10.9 Å². The predicted molar refractivity (Wildman–Crippen MR) is 65.9 cm³/mol. The molecule has 3 N–H and O–H groups in total. The molecule has 5 nitrogen and oxygen atoms in total. The maximum atomic E-state index is 13.7. The second-order valence-electron chi connectivity index (χ2n) is 4.03. The number of nitrogens with one attached hydrogen (secondary N) is 1. The molecular formula is C12H16FN5. The van der Waals surface area contributed by atoms with Crippen molar-refractivity contribution in [2.75, 3.05) is 0 Å². The minimum atomic E-state index is -0.418. The number of nitrogens with zero attached hydrogens (tertiary/aromatic N) is 3. The summed E-state index contributed by atoms with van der Waals surface area (Å²) in [5.41, 5.74) is 3.90. The maximum absolute atomic E-state index is 13.7. The summed E-state index contributed by atoms with van der Waals surface area (Å²) < 4.78 is 15.5. The molecule has 1 unspecified atom stereocenters. The lowest BCUT2D eigenvalue weighted by Crippen LogP contribution is -2.29. The first-order valence-electron chi connectivity index (χ1n) is 5.84. The average Bonchev–Trinajstić information content (AvgIpc) is 2.82. The van der Waals surface area contributed by atoms with Gasteiger partial charge in [-0.05, 0) is 12.5 Å². The largest absolute Gasteiger partial charge is 0.272 e. The summed E-state index contributed by atoms with van der Waals surface area (Å²) in [6, 6.07) is 1.19. The summed E-state index contributed by atoms with van der Waals surface area (Å²) in [6.07, 6.45) is 7.27. The van der Waals surface area contributed by atoms with Gasteiger partial charge in [0.1, 0.15) is 5.82 Å². The zero-order valence-electron chi connectivity index (χ0n) is 10.2. The molecule has 2 rings (SSSR count). The second kappa shape index (κ2) is 5.70. The second-order valence-corrected chi connectivity index (χ2v) is 4.03. The molecule has 2 aromatic rings. The van der Waals surface area contributed by atoms with Crippen LogP contribution in [0.4, 0.5) is 4.39 Å². The van der Waals surface area contributed by atoms with E-state index >= 15 is 0 Å². The molecule has 18 heavy (non-hydrogen) atoms. The number of aryl methyl sites for hydroxylation is 1. The fourth-order valence-corrected chi connectivity index (χ4v) is 1.87. The lowest BCUT2D eigenvalue weighted by molar-refractivity contribution is 0.554. The molecule has 2 heterocycles. The third-order valence-corrected chi connectivity index (χ3v) is 2.72. The number of hydrogen-bond donors (Lipinski definition) is 2. The van der Waals surface area contributed by atoms with Gasteiger partial charge in [0.25, 0.3) is 0 Å². The van der Waals surface area contributed by atoms with E-state index in [4.69, 9.17) is 5.84 Å². The van der Waals surface area contributed by atoms with Crippen molar-refractivity contribution >= 4 is 0 Å². The van der Waals surface area contributed by atoms with Crippen molar-refractivity contribution in [3.8, 4) is 0 Å². The molecule has 0 amide bonds. The lowest BCUT2D eigenvalue weighted by atomic mass is 10.0. The van der Waals surface area contributed by atoms with E-state index in [0.29, 0.717) is 5.56 Å².